The fourth-order valence-electron chi connectivity index (χ4n) is 5.08. The molecular weight excluding hydrogens is 384 g/mol. The number of nitrogens with one attached hydrogen (secondary N) is 1. The zero-order chi connectivity index (χ0) is 22.3. The number of hydrogen-bond donors (Lipinski definition) is 5. The maximum absolute atomic E-state index is 12.9. The molecule has 30 heavy (non-hydrogen) atoms. The third-order valence-electron chi connectivity index (χ3n) is 6.58. The van der Waals surface area contributed by atoms with Crippen molar-refractivity contribution >= 4 is 11.8 Å². The summed E-state index contributed by atoms with van der Waals surface area (Å²) in [7, 11) is 0. The Kier molecular flexibility index (Phi) is 8.85. The van der Waals surface area contributed by atoms with Crippen LogP contribution in [-0.2, 0) is 16.0 Å². The third kappa shape index (κ3) is 6.28. The molecule has 0 bridgehead atoms. The maximum Gasteiger partial charge on any atom is 0.224 e. The predicted octanol–water partition coefficient (Wildman–Crippen LogP) is 1.65. The molecule has 0 spiro atoms. The number of nitrogens with two attached hydrogens (primary N) is 2. The molecule has 1 aromatic rings. The van der Waals surface area contributed by atoms with Crippen LogP contribution >= 0.6 is 0 Å². The SMILES string of the molecule is CC(C)C[C@H](O)[C@H](O)[C@@H](CC1CCCCC1)[C@](CC(N)=O)(Cc1cnc[nH]1)C(N)=O. The first-order chi connectivity index (χ1) is 14.2. The monoisotopic (exact) mass is 422 g/mol. The normalized spacial score (nSPS) is 20.4. The number of amides is 2. The van der Waals surface area contributed by atoms with Gasteiger partial charge in [0.1, 0.15) is 0 Å². The van der Waals surface area contributed by atoms with E-state index in [2.05, 4.69) is 9.97 Å². The van der Waals surface area contributed by atoms with Gasteiger partial charge in [-0.25, -0.2) is 4.98 Å². The summed E-state index contributed by atoms with van der Waals surface area (Å²) >= 11 is 0. The number of hydrogen-bond acceptors (Lipinski definition) is 5. The smallest absolute Gasteiger partial charge is 0.224 e. The Bertz CT molecular complexity index is 673. The van der Waals surface area contributed by atoms with E-state index in [1.807, 2.05) is 13.8 Å². The lowest BCUT2D eigenvalue weighted by Gasteiger charge is -2.43. The van der Waals surface area contributed by atoms with Crippen LogP contribution in [0.1, 0.15) is 70.9 Å². The molecule has 8 nitrogen and oxygen atoms in total. The largest absolute Gasteiger partial charge is 0.390 e. The zero-order valence-electron chi connectivity index (χ0n) is 18.2. The van der Waals surface area contributed by atoms with Crippen molar-refractivity contribution in [3.63, 3.8) is 0 Å². The van der Waals surface area contributed by atoms with Crippen molar-refractivity contribution in [2.24, 2.45) is 34.6 Å². The summed E-state index contributed by atoms with van der Waals surface area (Å²) in [5.41, 5.74) is 10.7. The van der Waals surface area contributed by atoms with Gasteiger partial charge in [0, 0.05) is 30.7 Å². The summed E-state index contributed by atoms with van der Waals surface area (Å²) in [5, 5.41) is 22.0. The van der Waals surface area contributed by atoms with Crippen LogP contribution < -0.4 is 11.5 Å². The molecule has 4 atom stereocenters. The van der Waals surface area contributed by atoms with Gasteiger partial charge in [-0.2, -0.15) is 0 Å². The van der Waals surface area contributed by atoms with E-state index in [1.165, 1.54) is 12.7 Å². The number of H-pyrrole nitrogens is 1. The first-order valence-electron chi connectivity index (χ1n) is 11.1. The van der Waals surface area contributed by atoms with Gasteiger partial charge in [0.25, 0.3) is 0 Å². The second kappa shape index (κ2) is 10.9. The highest BCUT2D eigenvalue weighted by atomic mass is 16.3. The molecule has 0 saturated heterocycles. The zero-order valence-corrected chi connectivity index (χ0v) is 18.2. The Morgan fingerprint density at radius 2 is 1.90 bits per heavy atom. The molecule has 2 rings (SSSR count). The molecule has 0 unspecified atom stereocenters. The Morgan fingerprint density at radius 1 is 1.23 bits per heavy atom. The lowest BCUT2D eigenvalue weighted by atomic mass is 9.62. The number of aromatic amines is 1. The summed E-state index contributed by atoms with van der Waals surface area (Å²) < 4.78 is 0. The van der Waals surface area contributed by atoms with Crippen molar-refractivity contribution in [3.05, 3.63) is 18.2 Å². The molecule has 170 valence electrons. The number of primary amides is 2. The van der Waals surface area contributed by atoms with Gasteiger partial charge in [-0.1, -0.05) is 46.0 Å². The van der Waals surface area contributed by atoms with Crippen molar-refractivity contribution < 1.29 is 19.8 Å². The first kappa shape index (κ1) is 24.3. The molecule has 1 aromatic heterocycles. The van der Waals surface area contributed by atoms with Gasteiger partial charge in [-0.05, 0) is 24.7 Å². The summed E-state index contributed by atoms with van der Waals surface area (Å²) in [6.45, 7) is 3.92. The Balaban J connectivity index is 2.47. The lowest BCUT2D eigenvalue weighted by Crippen LogP contribution is -2.54. The van der Waals surface area contributed by atoms with E-state index in [-0.39, 0.29) is 18.8 Å². The van der Waals surface area contributed by atoms with Gasteiger partial charge < -0.3 is 26.7 Å². The Labute approximate surface area is 178 Å². The van der Waals surface area contributed by atoms with Gasteiger partial charge in [-0.3, -0.25) is 9.59 Å². The molecule has 1 aliphatic carbocycles. The number of aliphatic hydroxyl groups excluding tert-OH is 2. The standard InChI is InChI=1S/C22H38N4O4/c1-14(2)8-18(27)20(29)17(9-15-6-4-3-5-7-15)22(21(24)30,11-19(23)28)10-16-12-25-13-26-16/h12-15,17-18,20,27,29H,3-11H2,1-2H3,(H2,23,28)(H2,24,30)(H,25,26)/t17-,18+,20-,22-/m1/s1. The van der Waals surface area contributed by atoms with Crippen LogP contribution in [0.5, 0.6) is 0 Å². The van der Waals surface area contributed by atoms with Crippen LogP contribution in [0.2, 0.25) is 0 Å². The van der Waals surface area contributed by atoms with Crippen LogP contribution in [0, 0.1) is 23.2 Å². The van der Waals surface area contributed by atoms with E-state index in [1.54, 1.807) is 6.20 Å². The van der Waals surface area contributed by atoms with Crippen molar-refractivity contribution in [3.8, 4) is 0 Å². The van der Waals surface area contributed by atoms with Crippen LogP contribution in [-0.4, -0.2) is 44.2 Å². The van der Waals surface area contributed by atoms with Gasteiger partial charge in [0.15, 0.2) is 0 Å². The molecule has 1 heterocycles. The van der Waals surface area contributed by atoms with Crippen molar-refractivity contribution in [2.75, 3.05) is 0 Å². The topological polar surface area (TPSA) is 155 Å². The van der Waals surface area contributed by atoms with Crippen LogP contribution in [0.15, 0.2) is 12.5 Å². The number of carbonyl (C=O) groups is 2. The van der Waals surface area contributed by atoms with E-state index < -0.39 is 35.4 Å². The fourth-order valence-corrected chi connectivity index (χ4v) is 5.08. The Hall–Kier alpha value is -1.93. The van der Waals surface area contributed by atoms with E-state index in [0.717, 1.165) is 25.7 Å². The highest BCUT2D eigenvalue weighted by Gasteiger charge is 2.50. The van der Waals surface area contributed by atoms with Crippen LogP contribution in [0.4, 0.5) is 0 Å². The second-order valence-electron chi connectivity index (χ2n) is 9.45. The van der Waals surface area contributed by atoms with Crippen molar-refractivity contribution in [1.82, 2.24) is 9.97 Å². The van der Waals surface area contributed by atoms with E-state index in [4.69, 9.17) is 11.5 Å². The minimum atomic E-state index is -1.41. The Morgan fingerprint density at radius 3 is 2.40 bits per heavy atom. The number of aromatic nitrogens is 2. The third-order valence-corrected chi connectivity index (χ3v) is 6.58. The van der Waals surface area contributed by atoms with E-state index in [0.29, 0.717) is 24.5 Å². The molecule has 0 aliphatic heterocycles. The fraction of sp³-hybridized carbons (Fsp3) is 0.773. The summed E-state index contributed by atoms with van der Waals surface area (Å²) in [4.78, 5) is 31.9. The number of imidazole rings is 1. The van der Waals surface area contributed by atoms with Gasteiger partial charge >= 0.3 is 0 Å². The number of aliphatic hydroxyl groups is 2. The molecule has 8 heteroatoms. The quantitative estimate of drug-likeness (QED) is 0.346. The molecule has 2 amide bonds. The average molecular weight is 423 g/mol. The summed E-state index contributed by atoms with van der Waals surface area (Å²) in [5.74, 6) is -1.57. The van der Waals surface area contributed by atoms with Crippen molar-refractivity contribution in [1.29, 1.82) is 0 Å². The molecule has 0 aromatic carbocycles. The van der Waals surface area contributed by atoms with Crippen LogP contribution in [0.25, 0.3) is 0 Å². The number of rotatable bonds is 12. The van der Waals surface area contributed by atoms with E-state index >= 15 is 0 Å². The highest BCUT2D eigenvalue weighted by Crippen LogP contribution is 2.44. The lowest BCUT2D eigenvalue weighted by molar-refractivity contribution is -0.145. The molecule has 7 N–H and O–H groups in total. The first-order valence-corrected chi connectivity index (χ1v) is 11.1. The predicted molar refractivity (Wildman–Crippen MR) is 114 cm³/mol. The van der Waals surface area contributed by atoms with Crippen molar-refractivity contribution in [2.45, 2.75) is 83.8 Å². The number of nitrogens with zero attached hydrogens (tertiary/aromatic N) is 1. The van der Waals surface area contributed by atoms with E-state index in [9.17, 15) is 19.8 Å². The maximum atomic E-state index is 12.9. The van der Waals surface area contributed by atoms with Gasteiger partial charge in [0.05, 0.1) is 24.0 Å². The molecular formula is C22H38N4O4. The second-order valence-corrected chi connectivity index (χ2v) is 9.45. The number of carbonyl (C=O) groups excluding carboxylic acids is 2. The summed E-state index contributed by atoms with van der Waals surface area (Å²) in [6, 6.07) is 0. The summed E-state index contributed by atoms with van der Waals surface area (Å²) in [6.07, 6.45) is 6.95. The van der Waals surface area contributed by atoms with Gasteiger partial charge in [0.2, 0.25) is 11.8 Å². The minimum absolute atomic E-state index is 0.105. The highest BCUT2D eigenvalue weighted by molar-refractivity contribution is 5.88. The molecule has 0 radical (unpaired) electrons. The van der Waals surface area contributed by atoms with Crippen LogP contribution in [0.3, 0.4) is 0 Å². The molecule has 1 aliphatic rings. The van der Waals surface area contributed by atoms with Gasteiger partial charge in [-0.15, -0.1) is 0 Å². The molecule has 1 fully saturated rings. The minimum Gasteiger partial charge on any atom is -0.390 e. The average Bonchev–Trinajstić information content (AvgIpc) is 3.17. The molecule has 1 saturated carbocycles.